The quantitative estimate of drug-likeness (QED) is 0.857. The van der Waals surface area contributed by atoms with Crippen molar-refractivity contribution in [2.24, 2.45) is 5.73 Å². The van der Waals surface area contributed by atoms with E-state index in [1.807, 2.05) is 19.1 Å². The molecule has 3 nitrogen and oxygen atoms in total. The van der Waals surface area contributed by atoms with E-state index in [9.17, 15) is 4.79 Å². The Labute approximate surface area is 95.6 Å². The lowest BCUT2D eigenvalue weighted by Gasteiger charge is -2.08. The summed E-state index contributed by atoms with van der Waals surface area (Å²) in [5, 5.41) is 0.627. The van der Waals surface area contributed by atoms with Crippen LogP contribution in [0.3, 0.4) is 0 Å². The van der Waals surface area contributed by atoms with Gasteiger partial charge in [-0.1, -0.05) is 18.7 Å². The molecule has 0 aliphatic rings. The number of rotatable bonds is 4. The lowest BCUT2D eigenvalue weighted by Crippen LogP contribution is -2.24. The molecule has 0 saturated heterocycles. The molecule has 0 aliphatic carbocycles. The molecule has 1 rings (SSSR count). The maximum Gasteiger partial charge on any atom is 0.230 e. The van der Waals surface area contributed by atoms with Gasteiger partial charge in [0.15, 0.2) is 0 Å². The van der Waals surface area contributed by atoms with E-state index in [-0.39, 0.29) is 11.2 Å². The van der Waals surface area contributed by atoms with Gasteiger partial charge in [-0.05, 0) is 34.5 Å². The summed E-state index contributed by atoms with van der Waals surface area (Å²) >= 11 is 4.69. The van der Waals surface area contributed by atoms with Crippen LogP contribution < -0.4 is 5.73 Å². The average molecular weight is 275 g/mol. The molecule has 0 fully saturated rings. The van der Waals surface area contributed by atoms with Gasteiger partial charge in [0, 0.05) is 10.7 Å². The smallest absolute Gasteiger partial charge is 0.230 e. The summed E-state index contributed by atoms with van der Waals surface area (Å²) in [6.07, 6.45) is 2.42. The summed E-state index contributed by atoms with van der Waals surface area (Å²) < 4.78 is 0.925. The van der Waals surface area contributed by atoms with Crippen molar-refractivity contribution < 1.29 is 4.79 Å². The predicted octanol–water partition coefficient (Wildman–Crippen LogP) is 2.20. The first-order valence-electron chi connectivity index (χ1n) is 4.21. The molecular weight excluding hydrogens is 264 g/mol. The Balaban J connectivity index is 2.67. The van der Waals surface area contributed by atoms with Crippen LogP contribution in [-0.4, -0.2) is 16.1 Å². The van der Waals surface area contributed by atoms with Crippen molar-refractivity contribution >= 4 is 33.6 Å². The van der Waals surface area contributed by atoms with Crippen molar-refractivity contribution in [1.82, 2.24) is 4.98 Å². The third-order valence-corrected chi connectivity index (χ3v) is 3.45. The van der Waals surface area contributed by atoms with Gasteiger partial charge in [-0.25, -0.2) is 4.98 Å². The van der Waals surface area contributed by atoms with Crippen molar-refractivity contribution in [1.29, 1.82) is 0 Å². The molecule has 1 aromatic heterocycles. The molecule has 0 bridgehead atoms. The molecule has 1 heterocycles. The number of pyridine rings is 1. The van der Waals surface area contributed by atoms with Gasteiger partial charge in [0.05, 0.1) is 10.3 Å². The Kier molecular flexibility index (Phi) is 4.41. The van der Waals surface area contributed by atoms with Crippen molar-refractivity contribution in [3.05, 3.63) is 22.8 Å². The molecule has 0 aromatic carbocycles. The molecule has 0 saturated carbocycles. The van der Waals surface area contributed by atoms with Crippen LogP contribution in [0.2, 0.25) is 0 Å². The van der Waals surface area contributed by atoms with Gasteiger partial charge in [0.25, 0.3) is 0 Å². The number of amides is 1. The number of thioether (sulfide) groups is 1. The highest BCUT2D eigenvalue weighted by atomic mass is 79.9. The molecule has 1 amide bonds. The first-order chi connectivity index (χ1) is 6.63. The number of hydrogen-bond donors (Lipinski definition) is 1. The van der Waals surface area contributed by atoms with Crippen molar-refractivity contribution in [3.63, 3.8) is 0 Å². The van der Waals surface area contributed by atoms with Crippen LogP contribution in [0, 0.1) is 0 Å². The molecule has 76 valence electrons. The lowest BCUT2D eigenvalue weighted by molar-refractivity contribution is -0.117. The fourth-order valence-corrected chi connectivity index (χ4v) is 1.99. The molecule has 0 spiro atoms. The molecule has 14 heavy (non-hydrogen) atoms. The van der Waals surface area contributed by atoms with E-state index in [2.05, 4.69) is 20.9 Å². The Morgan fingerprint density at radius 3 is 2.86 bits per heavy atom. The highest BCUT2D eigenvalue weighted by Crippen LogP contribution is 2.24. The Hall–Kier alpha value is -0.550. The zero-order valence-electron chi connectivity index (χ0n) is 7.74. The second kappa shape index (κ2) is 5.36. The molecule has 0 aliphatic heterocycles. The number of halogens is 1. The zero-order chi connectivity index (χ0) is 10.6. The SMILES string of the molecule is CCC(Sc1ccc(Br)cn1)C(N)=O. The molecular formula is C9H11BrN2OS. The standard InChI is InChI=1S/C9H11BrN2OS/c1-2-7(9(11)13)14-8-4-3-6(10)5-12-8/h3-5,7H,2H2,1H3,(H2,11,13). The molecule has 0 radical (unpaired) electrons. The van der Waals surface area contributed by atoms with Crippen LogP contribution in [0.1, 0.15) is 13.3 Å². The van der Waals surface area contributed by atoms with Crippen molar-refractivity contribution in [2.45, 2.75) is 23.6 Å². The van der Waals surface area contributed by atoms with Crippen LogP contribution in [0.15, 0.2) is 27.8 Å². The van der Waals surface area contributed by atoms with Gasteiger partial charge < -0.3 is 5.73 Å². The summed E-state index contributed by atoms with van der Waals surface area (Å²) in [6.45, 7) is 1.93. The third kappa shape index (κ3) is 3.31. The first-order valence-corrected chi connectivity index (χ1v) is 5.88. The monoisotopic (exact) mass is 274 g/mol. The van der Waals surface area contributed by atoms with E-state index >= 15 is 0 Å². The topological polar surface area (TPSA) is 56.0 Å². The minimum absolute atomic E-state index is 0.191. The van der Waals surface area contributed by atoms with Gasteiger partial charge >= 0.3 is 0 Å². The lowest BCUT2D eigenvalue weighted by atomic mass is 10.3. The summed E-state index contributed by atoms with van der Waals surface area (Å²) in [5.41, 5.74) is 5.23. The van der Waals surface area contributed by atoms with Gasteiger partial charge in [-0.3, -0.25) is 4.79 Å². The normalized spacial score (nSPS) is 12.4. The minimum Gasteiger partial charge on any atom is -0.369 e. The van der Waals surface area contributed by atoms with Crippen molar-refractivity contribution in [3.8, 4) is 0 Å². The van der Waals surface area contributed by atoms with E-state index in [0.717, 1.165) is 15.9 Å². The fourth-order valence-electron chi connectivity index (χ4n) is 0.920. The molecule has 5 heteroatoms. The Morgan fingerprint density at radius 1 is 1.71 bits per heavy atom. The number of primary amides is 1. The van der Waals surface area contributed by atoms with Gasteiger partial charge in [0.2, 0.25) is 5.91 Å². The average Bonchev–Trinajstić information content (AvgIpc) is 2.16. The first kappa shape index (κ1) is 11.5. The third-order valence-electron chi connectivity index (χ3n) is 1.65. The highest BCUT2D eigenvalue weighted by molar-refractivity contribution is 9.10. The van der Waals surface area contributed by atoms with Crippen molar-refractivity contribution in [2.75, 3.05) is 0 Å². The van der Waals surface area contributed by atoms with Gasteiger partial charge in [0.1, 0.15) is 0 Å². The molecule has 1 aromatic rings. The largest absolute Gasteiger partial charge is 0.369 e. The summed E-state index contributed by atoms with van der Waals surface area (Å²) in [5.74, 6) is -0.290. The number of carbonyl (C=O) groups is 1. The number of nitrogens with zero attached hydrogens (tertiary/aromatic N) is 1. The minimum atomic E-state index is -0.290. The van der Waals surface area contributed by atoms with Gasteiger partial charge in [-0.2, -0.15) is 0 Å². The van der Waals surface area contributed by atoms with E-state index in [1.165, 1.54) is 11.8 Å². The summed E-state index contributed by atoms with van der Waals surface area (Å²) in [7, 11) is 0. The second-order valence-electron chi connectivity index (χ2n) is 2.73. The predicted molar refractivity (Wildman–Crippen MR) is 61.1 cm³/mol. The maximum absolute atomic E-state index is 11.0. The maximum atomic E-state index is 11.0. The summed E-state index contributed by atoms with van der Waals surface area (Å²) in [6, 6.07) is 3.75. The zero-order valence-corrected chi connectivity index (χ0v) is 10.1. The van der Waals surface area contributed by atoms with Crippen LogP contribution in [0.5, 0.6) is 0 Å². The van der Waals surface area contributed by atoms with Crippen LogP contribution in [0.25, 0.3) is 0 Å². The fraction of sp³-hybridized carbons (Fsp3) is 0.333. The number of carbonyl (C=O) groups excluding carboxylic acids is 1. The van der Waals surface area contributed by atoms with Crippen LogP contribution >= 0.6 is 27.7 Å². The highest BCUT2D eigenvalue weighted by Gasteiger charge is 2.14. The van der Waals surface area contributed by atoms with E-state index < -0.39 is 0 Å². The Morgan fingerprint density at radius 2 is 2.43 bits per heavy atom. The van der Waals surface area contributed by atoms with Gasteiger partial charge in [-0.15, -0.1) is 0 Å². The second-order valence-corrected chi connectivity index (χ2v) is 4.87. The molecule has 1 unspecified atom stereocenters. The Bertz CT molecular complexity index is 315. The van der Waals surface area contributed by atoms with E-state index in [1.54, 1.807) is 6.20 Å². The molecule has 2 N–H and O–H groups in total. The molecule has 1 atom stereocenters. The number of nitrogens with two attached hydrogens (primary N) is 1. The number of hydrogen-bond acceptors (Lipinski definition) is 3. The van der Waals surface area contributed by atoms with E-state index in [0.29, 0.717) is 0 Å². The van der Waals surface area contributed by atoms with E-state index in [4.69, 9.17) is 5.73 Å². The van der Waals surface area contributed by atoms with Crippen LogP contribution in [0.4, 0.5) is 0 Å². The van der Waals surface area contributed by atoms with Crippen LogP contribution in [-0.2, 0) is 4.79 Å². The summed E-state index contributed by atoms with van der Waals surface area (Å²) in [4.78, 5) is 15.1. The number of aromatic nitrogens is 1.